The summed E-state index contributed by atoms with van der Waals surface area (Å²) in [6.07, 6.45) is 1.01. The summed E-state index contributed by atoms with van der Waals surface area (Å²) < 4.78 is 25.9. The Morgan fingerprint density at radius 1 is 1.43 bits per heavy atom. The second-order valence-corrected chi connectivity index (χ2v) is 4.36. The molecule has 2 N–H and O–H groups in total. The fraction of sp³-hybridized carbons (Fsp3) is 0.250. The molecule has 0 fully saturated rings. The summed E-state index contributed by atoms with van der Waals surface area (Å²) in [5.74, 6) is 0. The molecule has 1 rings (SSSR count). The van der Waals surface area contributed by atoms with Crippen molar-refractivity contribution in [3.05, 3.63) is 29.8 Å². The van der Waals surface area contributed by atoms with Gasteiger partial charge in [0.15, 0.2) is 0 Å². The monoisotopic (exact) mass is 225 g/mol. The van der Waals surface area contributed by atoms with E-state index in [9.17, 15) is 8.42 Å². The molecule has 0 aliphatic rings. The summed E-state index contributed by atoms with van der Waals surface area (Å²) in [7, 11) is -3.38. The molecule has 6 heteroatoms. The Labute approximate surface area is 106 Å². The second-order valence-electron chi connectivity index (χ2n) is 2.71. The zero-order valence-corrected chi connectivity index (χ0v) is 8.04. The van der Waals surface area contributed by atoms with Crippen molar-refractivity contribution in [1.82, 2.24) is 0 Å². The number of rotatable bonds is 3. The van der Waals surface area contributed by atoms with Gasteiger partial charge in [0.25, 0.3) is 10.1 Å². The van der Waals surface area contributed by atoms with Gasteiger partial charge in [-0.25, -0.2) is 0 Å². The van der Waals surface area contributed by atoms with Crippen molar-refractivity contribution in [2.24, 2.45) is 0 Å². The van der Waals surface area contributed by atoms with E-state index in [1.807, 2.05) is 0 Å². The van der Waals surface area contributed by atoms with Crippen LogP contribution in [0.25, 0.3) is 0 Å². The predicted molar refractivity (Wildman–Crippen MR) is 57.6 cm³/mol. The first kappa shape index (κ1) is 13.9. The summed E-state index contributed by atoms with van der Waals surface area (Å²) >= 11 is 0. The van der Waals surface area contributed by atoms with Crippen LogP contribution in [-0.4, -0.2) is 44.2 Å². The van der Waals surface area contributed by atoms with Gasteiger partial charge >= 0.3 is 29.6 Å². The third-order valence-electron chi connectivity index (χ3n) is 1.39. The van der Waals surface area contributed by atoms with Crippen LogP contribution in [0.3, 0.4) is 0 Å². The van der Waals surface area contributed by atoms with Crippen LogP contribution < -0.4 is 5.73 Å². The number of benzene rings is 1. The summed E-state index contributed by atoms with van der Waals surface area (Å²) in [4.78, 5) is 0. The van der Waals surface area contributed by atoms with Gasteiger partial charge in [-0.3, -0.25) is 4.18 Å². The first-order valence-corrected chi connectivity index (χ1v) is 5.48. The summed E-state index contributed by atoms with van der Waals surface area (Å²) in [5, 5.41) is 0. The van der Waals surface area contributed by atoms with Crippen molar-refractivity contribution in [3.63, 3.8) is 0 Å². The Bertz CT molecular complexity index is 391. The molecule has 0 saturated heterocycles. The van der Waals surface area contributed by atoms with Crippen LogP contribution in [-0.2, 0) is 20.9 Å². The van der Waals surface area contributed by atoms with Gasteiger partial charge < -0.3 is 5.73 Å². The molecule has 0 heterocycles. The molecule has 0 spiro atoms. The average molecular weight is 225 g/mol. The minimum atomic E-state index is -3.38. The van der Waals surface area contributed by atoms with Gasteiger partial charge in [0.2, 0.25) is 0 Å². The average Bonchev–Trinajstić information content (AvgIpc) is 2.00. The van der Waals surface area contributed by atoms with Crippen LogP contribution >= 0.6 is 0 Å². The molecule has 0 atom stereocenters. The number of hydrogen-bond donors (Lipinski definition) is 1. The van der Waals surface area contributed by atoms with Gasteiger partial charge in [0, 0.05) is 5.69 Å². The Kier molecular flexibility index (Phi) is 5.70. The summed E-state index contributed by atoms with van der Waals surface area (Å²) in [6, 6.07) is 6.90. The topological polar surface area (TPSA) is 69.4 Å². The summed E-state index contributed by atoms with van der Waals surface area (Å²) in [5.41, 5.74) is 6.83. The Morgan fingerprint density at radius 2 is 2.07 bits per heavy atom. The van der Waals surface area contributed by atoms with E-state index in [-0.39, 0.29) is 36.2 Å². The molecule has 1 aromatic carbocycles. The summed E-state index contributed by atoms with van der Waals surface area (Å²) in [6.45, 7) is 0.0316. The maximum absolute atomic E-state index is 10.6. The van der Waals surface area contributed by atoms with E-state index in [0.29, 0.717) is 5.69 Å². The van der Waals surface area contributed by atoms with Crippen LogP contribution in [0.2, 0.25) is 0 Å². The van der Waals surface area contributed by atoms with Crippen molar-refractivity contribution < 1.29 is 12.6 Å². The molecule has 0 saturated carbocycles. The fourth-order valence-electron chi connectivity index (χ4n) is 0.858. The molecule has 14 heavy (non-hydrogen) atoms. The molecule has 0 unspecified atom stereocenters. The van der Waals surface area contributed by atoms with Gasteiger partial charge in [-0.05, 0) is 17.7 Å². The molecule has 1 aromatic rings. The van der Waals surface area contributed by atoms with Crippen LogP contribution in [0.5, 0.6) is 0 Å². The molecule has 0 aliphatic heterocycles. The van der Waals surface area contributed by atoms with Gasteiger partial charge in [0.05, 0.1) is 12.9 Å². The first-order valence-electron chi connectivity index (χ1n) is 3.66. The van der Waals surface area contributed by atoms with E-state index >= 15 is 0 Å². The SMILES string of the molecule is CS(=O)(=O)OCc1cccc(N)c1.[NaH]. The van der Waals surface area contributed by atoms with Crippen molar-refractivity contribution in [2.45, 2.75) is 6.61 Å². The van der Waals surface area contributed by atoms with Gasteiger partial charge in [0.1, 0.15) is 0 Å². The van der Waals surface area contributed by atoms with E-state index < -0.39 is 10.1 Å². The molecule has 0 aliphatic carbocycles. The first-order chi connectivity index (χ1) is 5.97. The molecule has 0 bridgehead atoms. The van der Waals surface area contributed by atoms with E-state index in [1.54, 1.807) is 24.3 Å². The Balaban J connectivity index is 0.00000169. The molecule has 4 nitrogen and oxygen atoms in total. The zero-order valence-electron chi connectivity index (χ0n) is 7.23. The fourth-order valence-corrected chi connectivity index (χ4v) is 1.21. The standard InChI is InChI=1S/C8H11NO3S.Na.H/c1-13(10,11)12-6-7-3-2-4-8(9)5-7;;/h2-5H,6,9H2,1H3;;. The van der Waals surface area contributed by atoms with Crippen molar-refractivity contribution in [1.29, 1.82) is 0 Å². The van der Waals surface area contributed by atoms with E-state index in [4.69, 9.17) is 5.73 Å². The quantitative estimate of drug-likeness (QED) is 0.450. The van der Waals surface area contributed by atoms with Crippen LogP contribution in [0.1, 0.15) is 5.56 Å². The Morgan fingerprint density at radius 3 is 2.57 bits per heavy atom. The molecule has 0 radical (unpaired) electrons. The van der Waals surface area contributed by atoms with Crippen LogP contribution in [0, 0.1) is 0 Å². The zero-order chi connectivity index (χ0) is 9.90. The van der Waals surface area contributed by atoms with E-state index in [1.165, 1.54) is 0 Å². The van der Waals surface area contributed by atoms with Crippen molar-refractivity contribution in [2.75, 3.05) is 12.0 Å². The van der Waals surface area contributed by atoms with Gasteiger partial charge in [-0.15, -0.1) is 0 Å². The van der Waals surface area contributed by atoms with Crippen LogP contribution in [0.15, 0.2) is 24.3 Å². The van der Waals surface area contributed by atoms with Gasteiger partial charge in [-0.2, -0.15) is 8.42 Å². The molecule has 0 aromatic heterocycles. The second kappa shape index (κ2) is 5.72. The number of hydrogen-bond acceptors (Lipinski definition) is 4. The van der Waals surface area contributed by atoms with Crippen molar-refractivity contribution >= 4 is 45.4 Å². The number of nitrogen functional groups attached to an aromatic ring is 1. The molecular weight excluding hydrogens is 213 g/mol. The number of nitrogens with two attached hydrogens (primary N) is 1. The molecular formula is C8H12NNaO3S. The predicted octanol–water partition coefficient (Wildman–Crippen LogP) is 0.0965. The molecule has 74 valence electrons. The maximum atomic E-state index is 10.6. The normalized spacial score (nSPS) is 10.6. The Hall–Kier alpha value is -0.0700. The van der Waals surface area contributed by atoms with Crippen molar-refractivity contribution in [3.8, 4) is 0 Å². The van der Waals surface area contributed by atoms with Crippen LogP contribution in [0.4, 0.5) is 5.69 Å². The van der Waals surface area contributed by atoms with E-state index in [2.05, 4.69) is 4.18 Å². The third kappa shape index (κ3) is 5.62. The minimum absolute atomic E-state index is 0. The number of anilines is 1. The third-order valence-corrected chi connectivity index (χ3v) is 1.94. The van der Waals surface area contributed by atoms with E-state index in [0.717, 1.165) is 11.8 Å². The molecule has 0 amide bonds. The van der Waals surface area contributed by atoms with Gasteiger partial charge in [-0.1, -0.05) is 12.1 Å².